The average Bonchev–Trinajstić information content (AvgIpc) is 1.91. The van der Waals surface area contributed by atoms with Crippen molar-refractivity contribution in [3.8, 4) is 0 Å². The Balaban J connectivity index is 2.17. The van der Waals surface area contributed by atoms with Gasteiger partial charge in [0, 0.05) is 12.1 Å². The Morgan fingerprint density at radius 3 is 2.36 bits per heavy atom. The van der Waals surface area contributed by atoms with E-state index in [9.17, 15) is 4.79 Å². The van der Waals surface area contributed by atoms with E-state index in [0.717, 1.165) is 12.8 Å². The number of hydrogen-bond acceptors (Lipinski definition) is 4. The van der Waals surface area contributed by atoms with Crippen LogP contribution in [0.3, 0.4) is 0 Å². The molecule has 0 aliphatic heterocycles. The zero-order valence-corrected chi connectivity index (χ0v) is 8.96. The number of hydrazine groups is 1. The number of carbonyl (C=O) groups excluding carboxylic acids is 1. The molecule has 0 spiro atoms. The van der Waals surface area contributed by atoms with Crippen LogP contribution in [-0.2, 0) is 4.74 Å². The molecule has 0 unspecified atom stereocenters. The van der Waals surface area contributed by atoms with Gasteiger partial charge in [-0.1, -0.05) is 0 Å². The van der Waals surface area contributed by atoms with Gasteiger partial charge in [-0.15, -0.1) is 0 Å². The van der Waals surface area contributed by atoms with Crippen LogP contribution in [0.15, 0.2) is 0 Å². The highest BCUT2D eigenvalue weighted by Crippen LogP contribution is 2.19. The molecule has 5 heteroatoms. The third-order valence-corrected chi connectivity index (χ3v) is 2.09. The molecule has 0 bridgehead atoms. The largest absolute Gasteiger partial charge is 0.444 e. The summed E-state index contributed by atoms with van der Waals surface area (Å²) in [6.07, 6.45) is 1.39. The SMILES string of the molecule is CC(C)(C)OC(=O)NC1CC(NN)C1. The van der Waals surface area contributed by atoms with Crippen molar-refractivity contribution in [2.24, 2.45) is 5.84 Å². The third kappa shape index (κ3) is 3.51. The summed E-state index contributed by atoms with van der Waals surface area (Å²) in [5.74, 6) is 5.23. The molecule has 1 saturated carbocycles. The van der Waals surface area contributed by atoms with Gasteiger partial charge in [0.15, 0.2) is 0 Å². The second-order valence-corrected chi connectivity index (χ2v) is 4.68. The summed E-state index contributed by atoms with van der Waals surface area (Å²) in [6, 6.07) is 0.529. The number of ether oxygens (including phenoxy) is 1. The van der Waals surface area contributed by atoms with Gasteiger partial charge in [0.05, 0.1) is 0 Å². The van der Waals surface area contributed by atoms with Crippen molar-refractivity contribution in [2.45, 2.75) is 51.3 Å². The van der Waals surface area contributed by atoms with Gasteiger partial charge in [-0.3, -0.25) is 11.3 Å². The number of amides is 1. The molecule has 5 nitrogen and oxygen atoms in total. The van der Waals surface area contributed by atoms with Gasteiger partial charge in [-0.2, -0.15) is 0 Å². The fourth-order valence-electron chi connectivity index (χ4n) is 1.35. The molecular weight excluding hydrogens is 182 g/mol. The zero-order chi connectivity index (χ0) is 10.8. The number of alkyl carbamates (subject to hydrolysis) is 1. The Kier molecular flexibility index (Phi) is 3.34. The molecular formula is C9H19N3O2. The Hall–Kier alpha value is -0.810. The van der Waals surface area contributed by atoms with Crippen LogP contribution in [0, 0.1) is 0 Å². The molecule has 0 aromatic carbocycles. The van der Waals surface area contributed by atoms with Crippen LogP contribution < -0.4 is 16.6 Å². The maximum atomic E-state index is 11.3. The van der Waals surface area contributed by atoms with E-state index < -0.39 is 5.60 Å². The number of nitrogens with one attached hydrogen (secondary N) is 2. The highest BCUT2D eigenvalue weighted by molar-refractivity contribution is 5.68. The molecule has 1 fully saturated rings. The summed E-state index contributed by atoms with van der Waals surface area (Å²) in [4.78, 5) is 11.3. The van der Waals surface area contributed by atoms with E-state index in [0.29, 0.717) is 6.04 Å². The molecule has 0 aromatic heterocycles. The summed E-state index contributed by atoms with van der Waals surface area (Å²) in [7, 11) is 0. The maximum Gasteiger partial charge on any atom is 0.407 e. The second kappa shape index (κ2) is 4.14. The van der Waals surface area contributed by atoms with Crippen LogP contribution >= 0.6 is 0 Å². The minimum atomic E-state index is -0.431. The number of carbonyl (C=O) groups is 1. The minimum Gasteiger partial charge on any atom is -0.444 e. The van der Waals surface area contributed by atoms with Gasteiger partial charge < -0.3 is 10.1 Å². The highest BCUT2D eigenvalue weighted by atomic mass is 16.6. The first-order chi connectivity index (χ1) is 6.40. The van der Waals surface area contributed by atoms with Crippen LogP contribution in [0.2, 0.25) is 0 Å². The Labute approximate surface area is 84.3 Å². The van der Waals surface area contributed by atoms with E-state index in [-0.39, 0.29) is 12.1 Å². The highest BCUT2D eigenvalue weighted by Gasteiger charge is 2.30. The van der Waals surface area contributed by atoms with Crippen LogP contribution in [0.5, 0.6) is 0 Å². The standard InChI is InChI=1S/C9H19N3O2/c1-9(2,3)14-8(13)11-6-4-7(5-6)12-10/h6-7,12H,4-5,10H2,1-3H3,(H,11,13). The molecule has 4 N–H and O–H groups in total. The van der Waals surface area contributed by atoms with Crippen molar-refractivity contribution >= 4 is 6.09 Å². The van der Waals surface area contributed by atoms with E-state index >= 15 is 0 Å². The van der Waals surface area contributed by atoms with Crippen molar-refractivity contribution in [2.75, 3.05) is 0 Å². The van der Waals surface area contributed by atoms with Gasteiger partial charge in [-0.25, -0.2) is 4.79 Å². The lowest BCUT2D eigenvalue weighted by atomic mass is 9.87. The quantitative estimate of drug-likeness (QED) is 0.449. The third-order valence-electron chi connectivity index (χ3n) is 2.09. The summed E-state index contributed by atoms with van der Waals surface area (Å²) in [6.45, 7) is 5.53. The summed E-state index contributed by atoms with van der Waals surface area (Å²) >= 11 is 0. The number of rotatable bonds is 2. The minimum absolute atomic E-state index is 0.200. The molecule has 0 saturated heterocycles. The van der Waals surface area contributed by atoms with Gasteiger partial charge in [0.1, 0.15) is 5.60 Å². The molecule has 0 heterocycles. The van der Waals surface area contributed by atoms with Gasteiger partial charge in [-0.05, 0) is 33.6 Å². The zero-order valence-electron chi connectivity index (χ0n) is 8.96. The molecule has 14 heavy (non-hydrogen) atoms. The fraction of sp³-hybridized carbons (Fsp3) is 0.889. The Morgan fingerprint density at radius 2 is 1.93 bits per heavy atom. The molecule has 0 aromatic rings. The van der Waals surface area contributed by atoms with Crippen molar-refractivity contribution < 1.29 is 9.53 Å². The summed E-state index contributed by atoms with van der Waals surface area (Å²) in [5.41, 5.74) is 2.23. The molecule has 1 amide bonds. The van der Waals surface area contributed by atoms with E-state index in [1.54, 1.807) is 0 Å². The van der Waals surface area contributed by atoms with E-state index in [1.165, 1.54) is 0 Å². The number of nitrogens with two attached hydrogens (primary N) is 1. The number of hydrogen-bond donors (Lipinski definition) is 3. The fourth-order valence-corrected chi connectivity index (χ4v) is 1.35. The van der Waals surface area contributed by atoms with Gasteiger partial charge in [0.2, 0.25) is 0 Å². The lowest BCUT2D eigenvalue weighted by Crippen LogP contribution is -2.54. The lowest BCUT2D eigenvalue weighted by molar-refractivity contribution is 0.0465. The smallest absolute Gasteiger partial charge is 0.407 e. The van der Waals surface area contributed by atoms with Crippen molar-refractivity contribution in [3.63, 3.8) is 0 Å². The Bertz CT molecular complexity index is 207. The lowest BCUT2D eigenvalue weighted by Gasteiger charge is -2.35. The predicted molar refractivity (Wildman–Crippen MR) is 53.5 cm³/mol. The Morgan fingerprint density at radius 1 is 1.36 bits per heavy atom. The van der Waals surface area contributed by atoms with E-state index in [4.69, 9.17) is 10.6 Å². The van der Waals surface area contributed by atoms with Gasteiger partial charge >= 0.3 is 6.09 Å². The van der Waals surface area contributed by atoms with Gasteiger partial charge in [0.25, 0.3) is 0 Å². The average molecular weight is 201 g/mol. The second-order valence-electron chi connectivity index (χ2n) is 4.68. The molecule has 0 radical (unpaired) electrons. The maximum absolute atomic E-state index is 11.3. The van der Waals surface area contributed by atoms with Crippen LogP contribution in [0.4, 0.5) is 4.79 Å². The van der Waals surface area contributed by atoms with Crippen LogP contribution in [-0.4, -0.2) is 23.8 Å². The molecule has 82 valence electrons. The molecule has 1 rings (SSSR count). The first kappa shape index (κ1) is 11.3. The van der Waals surface area contributed by atoms with Crippen molar-refractivity contribution in [1.82, 2.24) is 10.7 Å². The molecule has 1 aliphatic rings. The van der Waals surface area contributed by atoms with Crippen molar-refractivity contribution in [1.29, 1.82) is 0 Å². The van der Waals surface area contributed by atoms with E-state index in [1.807, 2.05) is 20.8 Å². The van der Waals surface area contributed by atoms with E-state index in [2.05, 4.69) is 10.7 Å². The summed E-state index contributed by atoms with van der Waals surface area (Å²) < 4.78 is 5.11. The van der Waals surface area contributed by atoms with Crippen molar-refractivity contribution in [3.05, 3.63) is 0 Å². The normalized spacial score (nSPS) is 26.6. The molecule has 1 aliphatic carbocycles. The molecule has 0 atom stereocenters. The monoisotopic (exact) mass is 201 g/mol. The first-order valence-corrected chi connectivity index (χ1v) is 4.86. The predicted octanol–water partition coefficient (Wildman–Crippen LogP) is 0.505. The summed E-state index contributed by atoms with van der Waals surface area (Å²) in [5, 5.41) is 2.78. The van der Waals surface area contributed by atoms with Crippen LogP contribution in [0.25, 0.3) is 0 Å². The van der Waals surface area contributed by atoms with Crippen LogP contribution in [0.1, 0.15) is 33.6 Å². The first-order valence-electron chi connectivity index (χ1n) is 4.86. The topological polar surface area (TPSA) is 76.4 Å².